The summed E-state index contributed by atoms with van der Waals surface area (Å²) in [4.78, 5) is 0. The number of benzene rings is 2. The summed E-state index contributed by atoms with van der Waals surface area (Å²) in [6.45, 7) is 1.93. The lowest BCUT2D eigenvalue weighted by molar-refractivity contribution is -0.0346. The molecular weight excluding hydrogens is 396 g/mol. The van der Waals surface area contributed by atoms with E-state index in [1.54, 1.807) is 21.3 Å². The number of nitrogens with one attached hydrogen (secondary N) is 1. The summed E-state index contributed by atoms with van der Waals surface area (Å²) < 4.78 is 28.9. The van der Waals surface area contributed by atoms with Crippen molar-refractivity contribution in [3.8, 4) is 23.0 Å². The zero-order chi connectivity index (χ0) is 21.5. The molecule has 31 heavy (non-hydrogen) atoms. The Morgan fingerprint density at radius 3 is 2.42 bits per heavy atom. The van der Waals surface area contributed by atoms with Crippen LogP contribution in [0.2, 0.25) is 0 Å². The third-order valence-corrected chi connectivity index (χ3v) is 5.60. The Bertz CT molecular complexity index is 1150. The summed E-state index contributed by atoms with van der Waals surface area (Å²) in [6.07, 6.45) is 1.71. The van der Waals surface area contributed by atoms with Gasteiger partial charge in [-0.3, -0.25) is 0 Å². The minimum atomic E-state index is -0.432. The summed E-state index contributed by atoms with van der Waals surface area (Å²) in [5, 5.41) is 2.07. The van der Waals surface area contributed by atoms with Gasteiger partial charge in [-0.25, -0.2) is 0 Å². The van der Waals surface area contributed by atoms with E-state index in [0.29, 0.717) is 17.2 Å². The number of hydrogen-bond acceptors (Lipinski definition) is 7. The van der Waals surface area contributed by atoms with Gasteiger partial charge in [0.2, 0.25) is 0 Å². The Labute approximate surface area is 180 Å². The first-order valence-corrected chi connectivity index (χ1v) is 10.0. The van der Waals surface area contributed by atoms with Crippen LogP contribution in [-0.4, -0.2) is 26.3 Å². The lowest BCUT2D eigenvalue weighted by atomic mass is 10.0. The van der Waals surface area contributed by atoms with Crippen molar-refractivity contribution in [1.29, 1.82) is 0 Å². The van der Waals surface area contributed by atoms with Gasteiger partial charge >= 0.3 is 0 Å². The minimum Gasteiger partial charge on any atom is -0.493 e. The molecule has 2 aromatic carbocycles. The number of para-hydroxylation sites is 1. The lowest BCUT2D eigenvalue weighted by Crippen LogP contribution is -2.43. The van der Waals surface area contributed by atoms with Crippen LogP contribution in [0, 0.1) is 6.92 Å². The standard InChI is InChI=1S/C24H24N2O5/c1-14-8-10-19(30-14)17-13-18-16-6-5-7-21(28-3)23(16)31-24(26(18)25-17)15-9-11-20(27-2)22(12-15)29-4/h5-13,18,24-25H,1-4H3. The Balaban J connectivity index is 1.61. The number of nitrogens with zero attached hydrogens (tertiary/aromatic N) is 1. The van der Waals surface area contributed by atoms with Gasteiger partial charge in [0.25, 0.3) is 0 Å². The van der Waals surface area contributed by atoms with Crippen molar-refractivity contribution in [2.24, 2.45) is 0 Å². The molecule has 0 fully saturated rings. The average molecular weight is 420 g/mol. The zero-order valence-electron chi connectivity index (χ0n) is 17.8. The predicted octanol–water partition coefficient (Wildman–Crippen LogP) is 4.61. The topological polar surface area (TPSA) is 65.3 Å². The largest absolute Gasteiger partial charge is 0.493 e. The van der Waals surface area contributed by atoms with Crippen molar-refractivity contribution in [3.63, 3.8) is 0 Å². The number of aryl methyl sites for hydroxylation is 1. The van der Waals surface area contributed by atoms with Gasteiger partial charge in [-0.1, -0.05) is 12.1 Å². The highest BCUT2D eigenvalue weighted by molar-refractivity contribution is 5.65. The highest BCUT2D eigenvalue weighted by Gasteiger charge is 2.42. The molecule has 3 aromatic rings. The van der Waals surface area contributed by atoms with Crippen LogP contribution in [0.3, 0.4) is 0 Å². The number of rotatable bonds is 5. The molecule has 7 heteroatoms. The summed E-state index contributed by atoms with van der Waals surface area (Å²) >= 11 is 0. The maximum Gasteiger partial charge on any atom is 0.196 e. The SMILES string of the molecule is COc1ccc(C2Oc3c(OC)cccc3C3C=C(c4ccc(C)o4)NN32)cc1OC. The molecular formula is C24H24N2O5. The fraction of sp³-hybridized carbons (Fsp3) is 0.250. The van der Waals surface area contributed by atoms with E-state index in [9.17, 15) is 0 Å². The monoisotopic (exact) mass is 420 g/mol. The molecule has 160 valence electrons. The maximum absolute atomic E-state index is 6.49. The van der Waals surface area contributed by atoms with Crippen LogP contribution in [-0.2, 0) is 0 Å². The van der Waals surface area contributed by atoms with Gasteiger partial charge in [-0.05, 0) is 49.4 Å². The second-order valence-corrected chi connectivity index (χ2v) is 7.42. The van der Waals surface area contributed by atoms with E-state index in [1.165, 1.54) is 0 Å². The molecule has 5 rings (SSSR count). The third kappa shape index (κ3) is 3.18. The molecule has 2 aliphatic rings. The van der Waals surface area contributed by atoms with Crippen LogP contribution in [0.25, 0.3) is 5.70 Å². The number of methoxy groups -OCH3 is 3. The van der Waals surface area contributed by atoms with Gasteiger partial charge in [0.15, 0.2) is 35.0 Å². The van der Waals surface area contributed by atoms with Gasteiger partial charge in [-0.15, -0.1) is 0 Å². The van der Waals surface area contributed by atoms with Crippen molar-refractivity contribution < 1.29 is 23.4 Å². The molecule has 0 spiro atoms. The molecule has 2 aliphatic heterocycles. The van der Waals surface area contributed by atoms with Crippen LogP contribution in [0.1, 0.15) is 34.9 Å². The Hall–Kier alpha value is -3.58. The molecule has 0 amide bonds. The Morgan fingerprint density at radius 1 is 0.903 bits per heavy atom. The molecule has 3 heterocycles. The fourth-order valence-corrected chi connectivity index (χ4v) is 4.10. The van der Waals surface area contributed by atoms with Crippen molar-refractivity contribution in [3.05, 3.63) is 77.3 Å². The molecule has 2 atom stereocenters. The molecule has 7 nitrogen and oxygen atoms in total. The fourth-order valence-electron chi connectivity index (χ4n) is 4.10. The van der Waals surface area contributed by atoms with Crippen molar-refractivity contribution in [2.75, 3.05) is 21.3 Å². The van der Waals surface area contributed by atoms with Gasteiger partial charge in [0.05, 0.1) is 33.1 Å². The van der Waals surface area contributed by atoms with Crippen molar-refractivity contribution >= 4 is 5.70 Å². The van der Waals surface area contributed by atoms with Gasteiger partial charge in [0.1, 0.15) is 5.76 Å². The van der Waals surface area contributed by atoms with E-state index in [4.69, 9.17) is 23.4 Å². The highest BCUT2D eigenvalue weighted by Crippen LogP contribution is 2.50. The summed E-state index contributed by atoms with van der Waals surface area (Å²) in [5.74, 6) is 4.36. The van der Waals surface area contributed by atoms with Gasteiger partial charge < -0.3 is 28.8 Å². The molecule has 0 saturated heterocycles. The zero-order valence-corrected chi connectivity index (χ0v) is 17.8. The van der Waals surface area contributed by atoms with Gasteiger partial charge in [0, 0.05) is 11.1 Å². The minimum absolute atomic E-state index is 0.0719. The van der Waals surface area contributed by atoms with Crippen LogP contribution >= 0.6 is 0 Å². The van der Waals surface area contributed by atoms with Crippen molar-refractivity contribution in [2.45, 2.75) is 19.2 Å². The van der Waals surface area contributed by atoms with E-state index in [2.05, 4.69) is 22.6 Å². The quantitative estimate of drug-likeness (QED) is 0.647. The Kier molecular flexibility index (Phi) is 4.75. The first kappa shape index (κ1) is 19.4. The molecule has 0 saturated carbocycles. The number of fused-ring (bicyclic) bond motifs is 3. The van der Waals surface area contributed by atoms with E-state index < -0.39 is 6.23 Å². The first-order chi connectivity index (χ1) is 15.1. The van der Waals surface area contributed by atoms with E-state index in [-0.39, 0.29) is 6.04 Å². The third-order valence-electron chi connectivity index (χ3n) is 5.60. The van der Waals surface area contributed by atoms with E-state index in [0.717, 1.165) is 34.1 Å². The number of furan rings is 1. The molecule has 0 radical (unpaired) electrons. The normalized spacial score (nSPS) is 19.5. The van der Waals surface area contributed by atoms with Crippen LogP contribution < -0.4 is 24.4 Å². The number of ether oxygens (including phenoxy) is 4. The smallest absolute Gasteiger partial charge is 0.196 e. The van der Waals surface area contributed by atoms with Crippen LogP contribution in [0.4, 0.5) is 0 Å². The summed E-state index contributed by atoms with van der Waals surface area (Å²) in [7, 11) is 4.89. The second kappa shape index (κ2) is 7.59. The summed E-state index contributed by atoms with van der Waals surface area (Å²) in [5.41, 5.74) is 6.30. The predicted molar refractivity (Wildman–Crippen MR) is 115 cm³/mol. The number of hydrazine groups is 1. The first-order valence-electron chi connectivity index (χ1n) is 10.0. The average Bonchev–Trinajstić information content (AvgIpc) is 3.44. The Morgan fingerprint density at radius 2 is 1.71 bits per heavy atom. The van der Waals surface area contributed by atoms with Crippen molar-refractivity contribution in [1.82, 2.24) is 10.4 Å². The van der Waals surface area contributed by atoms with Crippen LogP contribution in [0.15, 0.2) is 59.0 Å². The lowest BCUT2D eigenvalue weighted by Gasteiger charge is -2.39. The van der Waals surface area contributed by atoms with E-state index in [1.807, 2.05) is 49.4 Å². The molecule has 2 unspecified atom stereocenters. The highest BCUT2D eigenvalue weighted by atomic mass is 16.5. The summed E-state index contributed by atoms with van der Waals surface area (Å²) in [6, 6.07) is 15.6. The van der Waals surface area contributed by atoms with E-state index >= 15 is 0 Å². The molecule has 1 N–H and O–H groups in total. The number of hydrogen-bond donors (Lipinski definition) is 1. The maximum atomic E-state index is 6.49. The van der Waals surface area contributed by atoms with Crippen LogP contribution in [0.5, 0.6) is 23.0 Å². The molecule has 0 aliphatic carbocycles. The van der Waals surface area contributed by atoms with Gasteiger partial charge in [-0.2, -0.15) is 5.01 Å². The molecule has 0 bridgehead atoms. The second-order valence-electron chi connectivity index (χ2n) is 7.42. The molecule has 1 aromatic heterocycles.